The van der Waals surface area contributed by atoms with Crippen LogP contribution in [0.5, 0.6) is 0 Å². The fourth-order valence-electron chi connectivity index (χ4n) is 8.37. The van der Waals surface area contributed by atoms with Crippen LogP contribution >= 0.6 is 203 Å². The summed E-state index contributed by atoms with van der Waals surface area (Å²) in [6.07, 6.45) is -3.29. The molecule has 0 heterocycles. The van der Waals surface area contributed by atoms with Gasteiger partial charge in [0, 0.05) is 92.3 Å². The largest absolute Gasteiger partial charge is 0.394 e. The van der Waals surface area contributed by atoms with Gasteiger partial charge in [-0.3, -0.25) is 43.2 Å². The van der Waals surface area contributed by atoms with Crippen LogP contribution in [0.15, 0.2) is 0 Å². The first-order chi connectivity index (χ1) is 41.1. The highest BCUT2D eigenvalue weighted by molar-refractivity contribution is 14.1. The van der Waals surface area contributed by atoms with Crippen LogP contribution in [0.3, 0.4) is 0 Å². The van der Waals surface area contributed by atoms with Crippen molar-refractivity contribution >= 4 is 274 Å². The van der Waals surface area contributed by atoms with Gasteiger partial charge in [-0.15, -0.1) is 0 Å². The molecule has 3 atom stereocenters. The molecular formula is C52H64I9N9O18. The molecule has 0 saturated heterocycles. The zero-order valence-corrected chi connectivity index (χ0v) is 67.1. The van der Waals surface area contributed by atoms with Gasteiger partial charge in [0.05, 0.1) is 110 Å². The molecule has 0 spiro atoms. The molecule has 488 valence electrons. The number of benzene rings is 3. The molecule has 9 amide bonds. The van der Waals surface area contributed by atoms with E-state index in [2.05, 4.69) is 16.0 Å². The third-order valence-electron chi connectivity index (χ3n) is 13.2. The first-order valence-corrected chi connectivity index (χ1v) is 35.6. The van der Waals surface area contributed by atoms with Crippen molar-refractivity contribution in [1.82, 2.24) is 29.4 Å². The molecule has 12 N–H and O–H groups in total. The number of hydrogen-bond donors (Lipinski definition) is 12. The summed E-state index contributed by atoms with van der Waals surface area (Å²) in [5.41, 5.74) is 0.191. The molecule has 0 radical (unpaired) electrons. The van der Waals surface area contributed by atoms with Crippen molar-refractivity contribution in [2.75, 3.05) is 137 Å². The van der Waals surface area contributed by atoms with Gasteiger partial charge >= 0.3 is 0 Å². The number of carbonyl (C=O) groups is 9. The molecule has 0 aliphatic rings. The van der Waals surface area contributed by atoms with Gasteiger partial charge in [-0.1, -0.05) is 0 Å². The molecule has 27 nitrogen and oxygen atoms in total. The molecule has 3 aromatic carbocycles. The quantitative estimate of drug-likeness (QED) is 0.0427. The Morgan fingerprint density at radius 2 is 0.511 bits per heavy atom. The number of amides is 9. The van der Waals surface area contributed by atoms with Crippen molar-refractivity contribution in [3.63, 3.8) is 0 Å². The Bertz CT molecular complexity index is 2830. The normalized spacial score (nSPS) is 12.5. The summed E-state index contributed by atoms with van der Waals surface area (Å²) in [5.74, 6) is -6.74. The van der Waals surface area contributed by atoms with Crippen LogP contribution in [0.1, 0.15) is 81.4 Å². The average molecular weight is 2250 g/mol. The minimum atomic E-state index is -1.30. The van der Waals surface area contributed by atoms with Crippen molar-refractivity contribution < 1.29 is 89.1 Å². The minimum absolute atomic E-state index is 0.00812. The molecule has 3 unspecified atom stereocenters. The highest BCUT2D eigenvalue weighted by atomic mass is 127. The third-order valence-corrected chi connectivity index (χ3v) is 23.0. The van der Waals surface area contributed by atoms with E-state index >= 15 is 0 Å². The number of aliphatic hydroxyl groups excluding tert-OH is 9. The van der Waals surface area contributed by atoms with E-state index in [0.29, 0.717) is 0 Å². The average Bonchev–Trinajstić information content (AvgIpc) is 1.95. The maximum absolute atomic E-state index is 14.8. The SMILES string of the molecule is CN(CCC(CCN(C)C(=O)c1c(I)c(NC(=O)CO)c(I)c(C(=O)N(C)CC(O)CO)c1I)CCN(C)C(=O)c1c(I)c(NC(=O)CO)c(I)c(C(=O)N(C)CC(O)CO)c1I)C(=O)c1c(I)c(NC(=O)CO)c(I)c(C(=O)N(C)CC(O)CO)c1I. The Hall–Kier alpha value is -0.900. The maximum atomic E-state index is 14.8. The predicted octanol–water partition coefficient (Wildman–Crippen LogP) is 2.60. The number of carbonyl (C=O) groups excluding carboxylic acids is 9. The standard InChI is InChI=1S/C52H64I9N9O18/c1-65(47(83)29-35(53)32(50(86)68(4)13-23(77)16-71)41(59)44(38(29)56)62-26(80)19-74)10-7-22(8-11-66(2)48(84)30-36(54)33(51(87)69(5)14-24(78)17-72)42(60)45(39(30)57)63-27(81)20-75)9-12-67(3)49(85)31-37(55)34(52(88)70(6)15-25(79)18-73)43(61)46(40(31)58)64-28(82)21-76/h22-25,71-79H,7-21H2,1-6H3,(H,62,80)(H,63,81)(H,64,82). The third kappa shape index (κ3) is 20.8. The second-order valence-electron chi connectivity index (χ2n) is 19.8. The lowest BCUT2D eigenvalue weighted by molar-refractivity contribution is -0.119. The van der Waals surface area contributed by atoms with E-state index in [-0.39, 0.29) is 141 Å². The van der Waals surface area contributed by atoms with Gasteiger partial charge in [-0.2, -0.15) is 0 Å². The topological polar surface area (TPSA) is 391 Å². The van der Waals surface area contributed by atoms with Gasteiger partial charge in [0.2, 0.25) is 17.7 Å². The van der Waals surface area contributed by atoms with Crippen molar-refractivity contribution in [1.29, 1.82) is 0 Å². The molecule has 0 aliphatic heterocycles. The lowest BCUT2D eigenvalue weighted by Crippen LogP contribution is -2.38. The van der Waals surface area contributed by atoms with Crippen LogP contribution in [0, 0.1) is 38.0 Å². The highest BCUT2D eigenvalue weighted by Gasteiger charge is 2.36. The summed E-state index contributed by atoms with van der Waals surface area (Å²) in [6.45, 7) is -5.55. The lowest BCUT2D eigenvalue weighted by atomic mass is 9.96. The van der Waals surface area contributed by atoms with Gasteiger partial charge < -0.3 is 91.3 Å². The van der Waals surface area contributed by atoms with E-state index in [0.717, 1.165) is 14.7 Å². The maximum Gasteiger partial charge on any atom is 0.255 e. The Kier molecular flexibility index (Phi) is 35.1. The minimum Gasteiger partial charge on any atom is -0.394 e. The molecule has 0 aliphatic carbocycles. The second kappa shape index (κ2) is 38.0. The number of nitrogens with one attached hydrogen (secondary N) is 3. The van der Waals surface area contributed by atoms with Crippen molar-refractivity contribution in [2.45, 2.75) is 37.6 Å². The molecule has 0 bridgehead atoms. The number of anilines is 3. The number of rotatable bonds is 30. The number of hydrogen-bond acceptors (Lipinski definition) is 18. The van der Waals surface area contributed by atoms with Gasteiger partial charge in [0.15, 0.2) is 0 Å². The molecule has 88 heavy (non-hydrogen) atoms. The van der Waals surface area contributed by atoms with Crippen LogP contribution in [0.25, 0.3) is 0 Å². The Morgan fingerprint density at radius 1 is 0.330 bits per heavy atom. The van der Waals surface area contributed by atoms with Crippen LogP contribution in [0.2, 0.25) is 0 Å². The lowest BCUT2D eigenvalue weighted by Gasteiger charge is -2.29. The Balaban J connectivity index is 2.24. The fraction of sp³-hybridized carbons (Fsp3) is 0.481. The summed E-state index contributed by atoms with van der Waals surface area (Å²) in [5, 5.41) is 96.0. The van der Waals surface area contributed by atoms with Crippen molar-refractivity contribution in [2.24, 2.45) is 5.92 Å². The summed E-state index contributed by atoms with van der Waals surface area (Å²) in [7, 11) is 8.68. The summed E-state index contributed by atoms with van der Waals surface area (Å²) in [6, 6.07) is 0. The fourth-order valence-corrected chi connectivity index (χ4v) is 21.4. The summed E-state index contributed by atoms with van der Waals surface area (Å²) >= 11 is 16.7. The highest BCUT2D eigenvalue weighted by Crippen LogP contribution is 2.40. The van der Waals surface area contributed by atoms with Crippen LogP contribution in [0.4, 0.5) is 17.1 Å². The molecule has 0 saturated carbocycles. The smallest absolute Gasteiger partial charge is 0.255 e. The Labute approximate surface area is 629 Å². The Morgan fingerprint density at radius 3 is 0.682 bits per heavy atom. The van der Waals surface area contributed by atoms with E-state index < -0.39 is 117 Å². The predicted molar refractivity (Wildman–Crippen MR) is 399 cm³/mol. The number of aliphatic hydroxyl groups is 9. The van der Waals surface area contributed by atoms with E-state index in [1.165, 1.54) is 57.0 Å². The van der Waals surface area contributed by atoms with Gasteiger partial charge in [-0.05, 0) is 228 Å². The van der Waals surface area contributed by atoms with Crippen LogP contribution in [-0.4, -0.2) is 268 Å². The molecule has 0 aromatic heterocycles. The first kappa shape index (κ1) is 81.3. The van der Waals surface area contributed by atoms with Gasteiger partial charge in [-0.25, -0.2) is 0 Å². The van der Waals surface area contributed by atoms with Crippen LogP contribution < -0.4 is 16.0 Å². The number of likely N-dealkylation sites (N-methyl/N-ethyl adjacent to an activating group) is 3. The van der Waals surface area contributed by atoms with E-state index in [1.807, 2.05) is 203 Å². The van der Waals surface area contributed by atoms with Crippen molar-refractivity contribution in [3.8, 4) is 0 Å². The summed E-state index contributed by atoms with van der Waals surface area (Å²) < 4.78 is 1.93. The molecule has 36 heteroatoms. The molecule has 3 aromatic rings. The van der Waals surface area contributed by atoms with E-state index in [9.17, 15) is 89.1 Å². The van der Waals surface area contributed by atoms with Crippen LogP contribution in [-0.2, 0) is 14.4 Å². The second-order valence-corrected chi connectivity index (χ2v) is 29.5. The molecule has 3 rings (SSSR count). The zero-order chi connectivity index (χ0) is 67.1. The van der Waals surface area contributed by atoms with Gasteiger partial charge in [0.1, 0.15) is 19.8 Å². The van der Waals surface area contributed by atoms with E-state index in [1.54, 1.807) is 0 Å². The van der Waals surface area contributed by atoms with Crippen molar-refractivity contribution in [3.05, 3.63) is 65.5 Å². The molecular weight excluding hydrogens is 2180 g/mol. The number of halogens is 9. The van der Waals surface area contributed by atoms with E-state index in [4.69, 9.17) is 0 Å². The van der Waals surface area contributed by atoms with Gasteiger partial charge in [0.25, 0.3) is 35.4 Å². The zero-order valence-electron chi connectivity index (χ0n) is 47.7. The first-order valence-electron chi connectivity index (χ1n) is 25.9. The summed E-state index contributed by atoms with van der Waals surface area (Å²) in [4.78, 5) is 132. The number of nitrogens with zero attached hydrogens (tertiary/aromatic N) is 6. The molecule has 0 fully saturated rings. The monoisotopic (exact) mass is 2240 g/mol.